The Balaban J connectivity index is 1.82. The van der Waals surface area contributed by atoms with Crippen LogP contribution in [0.5, 0.6) is 0 Å². The maximum Gasteiger partial charge on any atom is 0.408 e. The van der Waals surface area contributed by atoms with Crippen molar-refractivity contribution < 1.29 is 13.9 Å². The van der Waals surface area contributed by atoms with Crippen LogP contribution in [0.25, 0.3) is 10.9 Å². The van der Waals surface area contributed by atoms with Crippen molar-refractivity contribution >= 4 is 32.9 Å². The number of halogens is 2. The molecule has 2 N–H and O–H groups in total. The summed E-state index contributed by atoms with van der Waals surface area (Å²) in [4.78, 5) is 31.3. The fraction of sp³-hybridized carbons (Fsp3) is 0.471. The lowest BCUT2D eigenvalue weighted by Gasteiger charge is -2.23. The lowest BCUT2D eigenvalue weighted by atomic mass is 10.1. The van der Waals surface area contributed by atoms with E-state index in [0.717, 1.165) is 18.9 Å². The fourth-order valence-electron chi connectivity index (χ4n) is 2.60. The van der Waals surface area contributed by atoms with Crippen LogP contribution in [0.1, 0.15) is 39.4 Å². The van der Waals surface area contributed by atoms with E-state index >= 15 is 0 Å². The lowest BCUT2D eigenvalue weighted by molar-refractivity contribution is 0.0496. The topological polar surface area (TPSA) is 84.1 Å². The monoisotopic (exact) mass is 411 g/mol. The average molecular weight is 412 g/mol. The number of aromatic nitrogens is 2. The SMILES string of the molecule is CC(C)(C)OC(=O)NC1(Cc2nc3cc(Br)c(F)cc3c(=O)[nH]2)CC1. The Labute approximate surface area is 152 Å². The second-order valence-electron chi connectivity index (χ2n) is 7.38. The number of carbonyl (C=O) groups is 1. The lowest BCUT2D eigenvalue weighted by Crippen LogP contribution is -2.42. The normalized spacial score (nSPS) is 15.9. The highest BCUT2D eigenvalue weighted by molar-refractivity contribution is 9.10. The van der Waals surface area contributed by atoms with Gasteiger partial charge in [-0.1, -0.05) is 0 Å². The number of fused-ring (bicyclic) bond motifs is 1. The molecule has 25 heavy (non-hydrogen) atoms. The molecule has 0 radical (unpaired) electrons. The summed E-state index contributed by atoms with van der Waals surface area (Å²) in [5.74, 6) is -0.0672. The minimum absolute atomic E-state index is 0.189. The second-order valence-corrected chi connectivity index (χ2v) is 8.23. The Morgan fingerprint density at radius 3 is 2.72 bits per heavy atom. The molecule has 2 aromatic rings. The predicted octanol–water partition coefficient (Wildman–Crippen LogP) is 3.42. The third-order valence-electron chi connectivity index (χ3n) is 3.92. The van der Waals surface area contributed by atoms with Crippen molar-refractivity contribution in [2.75, 3.05) is 0 Å². The van der Waals surface area contributed by atoms with Crippen molar-refractivity contribution in [3.63, 3.8) is 0 Å². The maximum absolute atomic E-state index is 13.6. The van der Waals surface area contributed by atoms with E-state index in [1.807, 2.05) is 0 Å². The first kappa shape index (κ1) is 17.8. The van der Waals surface area contributed by atoms with Crippen LogP contribution < -0.4 is 10.9 Å². The molecule has 1 amide bonds. The summed E-state index contributed by atoms with van der Waals surface area (Å²) in [6, 6.07) is 2.63. The van der Waals surface area contributed by atoms with Crippen molar-refractivity contribution in [1.82, 2.24) is 15.3 Å². The Kier molecular flexibility index (Phi) is 4.35. The summed E-state index contributed by atoms with van der Waals surface area (Å²) in [5, 5.41) is 3.06. The molecule has 6 nitrogen and oxygen atoms in total. The number of alkyl carbamates (subject to hydrolysis) is 1. The standard InChI is InChI=1S/C17H19BrFN3O3/c1-16(2,3)25-15(24)22-17(4-5-17)8-13-20-12-7-10(18)11(19)6-9(12)14(23)21-13/h6-7H,4-5,8H2,1-3H3,(H,22,24)(H,20,21,23). The van der Waals surface area contributed by atoms with Crippen molar-refractivity contribution in [2.24, 2.45) is 0 Å². The molecular weight excluding hydrogens is 393 g/mol. The van der Waals surface area contributed by atoms with E-state index in [9.17, 15) is 14.0 Å². The van der Waals surface area contributed by atoms with Crippen molar-refractivity contribution in [3.8, 4) is 0 Å². The van der Waals surface area contributed by atoms with Gasteiger partial charge in [0, 0.05) is 6.42 Å². The molecule has 0 aliphatic heterocycles. The average Bonchev–Trinajstić information content (AvgIpc) is 3.18. The van der Waals surface area contributed by atoms with Crippen LogP contribution >= 0.6 is 15.9 Å². The van der Waals surface area contributed by atoms with E-state index in [-0.39, 0.29) is 9.86 Å². The molecule has 3 rings (SSSR count). The second kappa shape index (κ2) is 6.09. The van der Waals surface area contributed by atoms with Gasteiger partial charge < -0.3 is 15.0 Å². The highest BCUT2D eigenvalue weighted by Crippen LogP contribution is 2.38. The molecular formula is C17H19BrFN3O3. The van der Waals surface area contributed by atoms with E-state index in [2.05, 4.69) is 31.2 Å². The Hall–Kier alpha value is -1.96. The highest BCUT2D eigenvalue weighted by atomic mass is 79.9. The van der Waals surface area contributed by atoms with E-state index in [1.54, 1.807) is 20.8 Å². The summed E-state index contributed by atoms with van der Waals surface area (Å²) >= 11 is 3.10. The molecule has 1 aliphatic carbocycles. The molecule has 1 aromatic carbocycles. The number of aromatic amines is 1. The Morgan fingerprint density at radius 1 is 1.44 bits per heavy atom. The molecule has 0 bridgehead atoms. The minimum Gasteiger partial charge on any atom is -0.444 e. The minimum atomic E-state index is -0.577. The number of hydrogen-bond donors (Lipinski definition) is 2. The van der Waals surface area contributed by atoms with Crippen LogP contribution in [0, 0.1) is 5.82 Å². The predicted molar refractivity (Wildman–Crippen MR) is 95.1 cm³/mol. The zero-order chi connectivity index (χ0) is 18.4. The van der Waals surface area contributed by atoms with Gasteiger partial charge in [0.2, 0.25) is 0 Å². The van der Waals surface area contributed by atoms with Gasteiger partial charge in [0.25, 0.3) is 5.56 Å². The van der Waals surface area contributed by atoms with Crippen LogP contribution in [0.15, 0.2) is 21.4 Å². The van der Waals surface area contributed by atoms with E-state index in [0.29, 0.717) is 17.8 Å². The van der Waals surface area contributed by atoms with Crippen molar-refractivity contribution in [2.45, 2.75) is 51.2 Å². The smallest absolute Gasteiger partial charge is 0.408 e. The molecule has 0 atom stereocenters. The number of carbonyl (C=O) groups excluding carboxylic acids is 1. The fourth-order valence-corrected chi connectivity index (χ4v) is 2.93. The van der Waals surface area contributed by atoms with Gasteiger partial charge in [-0.15, -0.1) is 0 Å². The first-order valence-electron chi connectivity index (χ1n) is 7.96. The summed E-state index contributed by atoms with van der Waals surface area (Å²) in [5.41, 5.74) is -1.03. The number of rotatable bonds is 3. The van der Waals surface area contributed by atoms with Crippen LogP contribution in [-0.2, 0) is 11.2 Å². The van der Waals surface area contributed by atoms with Gasteiger partial charge >= 0.3 is 6.09 Å². The number of ether oxygens (including phenoxy) is 1. The third-order valence-corrected chi connectivity index (χ3v) is 4.53. The summed E-state index contributed by atoms with van der Waals surface area (Å²) < 4.78 is 19.1. The number of nitrogens with one attached hydrogen (secondary N) is 2. The molecule has 1 saturated carbocycles. The van der Waals surface area contributed by atoms with Crippen LogP contribution in [-0.4, -0.2) is 27.2 Å². The molecule has 0 spiro atoms. The molecule has 1 heterocycles. The van der Waals surface area contributed by atoms with Crippen molar-refractivity contribution in [3.05, 3.63) is 38.6 Å². The largest absolute Gasteiger partial charge is 0.444 e. The molecule has 0 saturated heterocycles. The zero-order valence-corrected chi connectivity index (χ0v) is 15.8. The van der Waals surface area contributed by atoms with Gasteiger partial charge in [0.15, 0.2) is 0 Å². The quantitative estimate of drug-likeness (QED) is 0.809. The number of benzene rings is 1. The van der Waals surface area contributed by atoms with E-state index in [1.165, 1.54) is 6.07 Å². The molecule has 1 aliphatic rings. The zero-order valence-electron chi connectivity index (χ0n) is 14.2. The van der Waals surface area contributed by atoms with Gasteiger partial charge in [-0.2, -0.15) is 0 Å². The third kappa shape index (κ3) is 4.18. The number of hydrogen-bond acceptors (Lipinski definition) is 4. The van der Waals surface area contributed by atoms with Gasteiger partial charge in [0.05, 0.1) is 20.9 Å². The summed E-state index contributed by atoms with van der Waals surface area (Å²) in [6.45, 7) is 5.39. The van der Waals surface area contributed by atoms with Gasteiger partial charge in [-0.3, -0.25) is 4.79 Å². The number of H-pyrrole nitrogens is 1. The van der Waals surface area contributed by atoms with Crippen molar-refractivity contribution in [1.29, 1.82) is 0 Å². The summed E-state index contributed by atoms with van der Waals surface area (Å²) in [7, 11) is 0. The van der Waals surface area contributed by atoms with Gasteiger partial charge in [0.1, 0.15) is 17.2 Å². The highest BCUT2D eigenvalue weighted by Gasteiger charge is 2.45. The molecule has 8 heteroatoms. The molecule has 134 valence electrons. The van der Waals surface area contributed by atoms with Crippen LogP contribution in [0.2, 0.25) is 0 Å². The number of amides is 1. The molecule has 1 aromatic heterocycles. The van der Waals surface area contributed by atoms with Gasteiger partial charge in [-0.05, 0) is 61.7 Å². The van der Waals surface area contributed by atoms with E-state index in [4.69, 9.17) is 4.74 Å². The first-order chi connectivity index (χ1) is 11.6. The first-order valence-corrected chi connectivity index (χ1v) is 8.75. The molecule has 0 unspecified atom stereocenters. The van der Waals surface area contributed by atoms with E-state index < -0.39 is 28.6 Å². The Bertz CT molecular complexity index is 900. The maximum atomic E-state index is 13.6. The summed E-state index contributed by atoms with van der Waals surface area (Å²) in [6.07, 6.45) is 1.45. The van der Waals surface area contributed by atoms with Crippen LogP contribution in [0.4, 0.5) is 9.18 Å². The number of nitrogens with zero attached hydrogens (tertiary/aromatic N) is 1. The van der Waals surface area contributed by atoms with Gasteiger partial charge in [-0.25, -0.2) is 14.2 Å². The molecule has 1 fully saturated rings. The Morgan fingerprint density at radius 2 is 2.12 bits per heavy atom. The van der Waals surface area contributed by atoms with Crippen LogP contribution in [0.3, 0.4) is 0 Å².